The molecule has 0 spiro atoms. The van der Waals surface area contributed by atoms with Crippen LogP contribution in [0.5, 0.6) is 0 Å². The van der Waals surface area contributed by atoms with E-state index in [4.69, 9.17) is 0 Å². The van der Waals surface area contributed by atoms with Crippen molar-refractivity contribution in [2.75, 3.05) is 11.9 Å². The monoisotopic (exact) mass is 234 g/mol. The number of fused-ring (bicyclic) bond motifs is 1. The molecule has 2 rings (SSSR count). The molecule has 1 atom stereocenters. The van der Waals surface area contributed by atoms with Gasteiger partial charge in [0.1, 0.15) is 0 Å². The van der Waals surface area contributed by atoms with Gasteiger partial charge in [-0.25, -0.2) is 4.52 Å². The molecule has 2 aromatic heterocycles. The normalized spacial score (nSPS) is 14.8. The summed E-state index contributed by atoms with van der Waals surface area (Å²) in [4.78, 5) is 4.36. The summed E-state index contributed by atoms with van der Waals surface area (Å²) in [7, 11) is 0. The van der Waals surface area contributed by atoms with Crippen molar-refractivity contribution in [3.8, 4) is 0 Å². The molecule has 0 fully saturated rings. The Balaban J connectivity index is 2.31. The highest BCUT2D eigenvalue weighted by Gasteiger charge is 2.22. The molecule has 92 valence electrons. The summed E-state index contributed by atoms with van der Waals surface area (Å²) in [5, 5.41) is 16.8. The van der Waals surface area contributed by atoms with Crippen LogP contribution in [0.25, 0.3) is 5.65 Å². The van der Waals surface area contributed by atoms with Gasteiger partial charge in [-0.05, 0) is 31.9 Å². The van der Waals surface area contributed by atoms with Crippen LogP contribution in [0.3, 0.4) is 0 Å². The van der Waals surface area contributed by atoms with Gasteiger partial charge in [-0.2, -0.15) is 4.98 Å². The van der Waals surface area contributed by atoms with Crippen LogP contribution < -0.4 is 5.32 Å². The van der Waals surface area contributed by atoms with Gasteiger partial charge in [0.2, 0.25) is 5.95 Å². The lowest BCUT2D eigenvalue weighted by Gasteiger charge is -2.26. The van der Waals surface area contributed by atoms with Crippen LogP contribution in [0.1, 0.15) is 25.8 Å². The molecule has 0 aliphatic heterocycles. The molecule has 0 saturated heterocycles. The van der Waals surface area contributed by atoms with Crippen molar-refractivity contribution < 1.29 is 5.11 Å². The van der Waals surface area contributed by atoms with E-state index in [9.17, 15) is 5.11 Å². The maximum atomic E-state index is 9.34. The van der Waals surface area contributed by atoms with E-state index < -0.39 is 0 Å². The topological polar surface area (TPSA) is 62.5 Å². The zero-order chi connectivity index (χ0) is 12.5. The van der Waals surface area contributed by atoms with E-state index in [1.165, 1.54) is 0 Å². The average molecular weight is 234 g/mol. The number of nitrogens with zero attached hydrogens (tertiary/aromatic N) is 3. The number of aliphatic hydroxyl groups is 1. The van der Waals surface area contributed by atoms with Crippen molar-refractivity contribution in [1.29, 1.82) is 0 Å². The second-order valence-corrected chi connectivity index (χ2v) is 4.64. The number of pyridine rings is 1. The summed E-state index contributed by atoms with van der Waals surface area (Å²) in [6, 6.07) is 3.93. The molecule has 0 amide bonds. The number of aromatic nitrogens is 3. The Bertz CT molecular complexity index is 516. The van der Waals surface area contributed by atoms with Gasteiger partial charge in [-0.3, -0.25) is 0 Å². The number of rotatable bonds is 4. The van der Waals surface area contributed by atoms with Gasteiger partial charge in [0.25, 0.3) is 0 Å². The highest BCUT2D eigenvalue weighted by molar-refractivity contribution is 5.45. The van der Waals surface area contributed by atoms with Crippen molar-refractivity contribution >= 4 is 11.6 Å². The van der Waals surface area contributed by atoms with Gasteiger partial charge in [0.05, 0.1) is 12.1 Å². The lowest BCUT2D eigenvalue weighted by Crippen LogP contribution is -2.38. The molecule has 2 heterocycles. The van der Waals surface area contributed by atoms with Crippen molar-refractivity contribution in [3.63, 3.8) is 0 Å². The van der Waals surface area contributed by atoms with Crippen LogP contribution in [0, 0.1) is 6.92 Å². The Morgan fingerprint density at radius 2 is 2.24 bits per heavy atom. The lowest BCUT2D eigenvalue weighted by molar-refractivity contribution is 0.218. The summed E-state index contributed by atoms with van der Waals surface area (Å²) in [5.41, 5.74) is 1.56. The molecule has 0 bridgehead atoms. The van der Waals surface area contributed by atoms with Crippen molar-refractivity contribution in [3.05, 3.63) is 23.9 Å². The van der Waals surface area contributed by atoms with E-state index in [2.05, 4.69) is 15.4 Å². The first-order valence-electron chi connectivity index (χ1n) is 5.78. The molecular weight excluding hydrogens is 216 g/mol. The third-order valence-corrected chi connectivity index (χ3v) is 3.02. The second kappa shape index (κ2) is 4.33. The Morgan fingerprint density at radius 1 is 1.47 bits per heavy atom. The Labute approximate surface area is 100 Å². The SMILES string of the molecule is CCC(C)(CO)Nc1nc2ccc(C)cn2n1. The predicted octanol–water partition coefficient (Wildman–Crippen LogP) is 1.61. The second-order valence-electron chi connectivity index (χ2n) is 4.64. The summed E-state index contributed by atoms with van der Waals surface area (Å²) in [6.45, 7) is 6.03. The standard InChI is InChI=1S/C12H18N4O/c1-4-12(3,8-17)14-11-13-10-6-5-9(2)7-16(10)15-11/h5-7,17H,4,8H2,1-3H3,(H,14,15). The first kappa shape index (κ1) is 11.9. The van der Waals surface area contributed by atoms with Crippen LogP contribution in [-0.2, 0) is 0 Å². The molecule has 5 heteroatoms. The summed E-state index contributed by atoms with van der Waals surface area (Å²) in [5.74, 6) is 0.550. The first-order valence-corrected chi connectivity index (χ1v) is 5.78. The van der Waals surface area contributed by atoms with Gasteiger partial charge >= 0.3 is 0 Å². The van der Waals surface area contributed by atoms with Crippen LogP contribution in [0.15, 0.2) is 18.3 Å². The quantitative estimate of drug-likeness (QED) is 0.843. The van der Waals surface area contributed by atoms with Crippen molar-refractivity contribution in [2.45, 2.75) is 32.7 Å². The lowest BCUT2D eigenvalue weighted by atomic mass is 10.0. The number of hydrogen-bond donors (Lipinski definition) is 2. The minimum absolute atomic E-state index is 0.0537. The van der Waals surface area contributed by atoms with Gasteiger partial charge in [0.15, 0.2) is 5.65 Å². The van der Waals surface area contributed by atoms with Crippen LogP contribution in [0.2, 0.25) is 0 Å². The zero-order valence-electron chi connectivity index (χ0n) is 10.4. The smallest absolute Gasteiger partial charge is 0.243 e. The molecule has 0 radical (unpaired) electrons. The molecule has 5 nitrogen and oxygen atoms in total. The Hall–Kier alpha value is -1.62. The maximum absolute atomic E-state index is 9.34. The van der Waals surface area contributed by atoms with E-state index in [1.54, 1.807) is 4.52 Å². The molecule has 1 unspecified atom stereocenters. The van der Waals surface area contributed by atoms with Gasteiger partial charge in [0, 0.05) is 6.20 Å². The fraction of sp³-hybridized carbons (Fsp3) is 0.500. The van der Waals surface area contributed by atoms with E-state index in [0.29, 0.717) is 5.95 Å². The molecule has 0 aromatic carbocycles. The summed E-state index contributed by atoms with van der Waals surface area (Å²) < 4.78 is 1.74. The van der Waals surface area contributed by atoms with Crippen molar-refractivity contribution in [1.82, 2.24) is 14.6 Å². The van der Waals surface area contributed by atoms with Crippen LogP contribution in [-0.4, -0.2) is 31.9 Å². The fourth-order valence-corrected chi connectivity index (χ4v) is 1.55. The van der Waals surface area contributed by atoms with E-state index in [1.807, 2.05) is 39.1 Å². The highest BCUT2D eigenvalue weighted by Crippen LogP contribution is 2.16. The highest BCUT2D eigenvalue weighted by atomic mass is 16.3. The van der Waals surface area contributed by atoms with E-state index >= 15 is 0 Å². The Kier molecular flexibility index (Phi) is 3.02. The maximum Gasteiger partial charge on any atom is 0.243 e. The molecule has 0 saturated carbocycles. The largest absolute Gasteiger partial charge is 0.394 e. The predicted molar refractivity (Wildman–Crippen MR) is 67.1 cm³/mol. The first-order chi connectivity index (χ1) is 8.06. The number of aliphatic hydroxyl groups excluding tert-OH is 1. The van der Waals surface area contributed by atoms with Gasteiger partial charge in [-0.15, -0.1) is 5.10 Å². The molecule has 0 aliphatic carbocycles. The molecule has 2 N–H and O–H groups in total. The van der Waals surface area contributed by atoms with Gasteiger partial charge in [-0.1, -0.05) is 13.0 Å². The Morgan fingerprint density at radius 3 is 2.88 bits per heavy atom. The van der Waals surface area contributed by atoms with Gasteiger partial charge < -0.3 is 10.4 Å². The molecule has 0 aliphatic rings. The summed E-state index contributed by atoms with van der Waals surface area (Å²) >= 11 is 0. The molecule has 17 heavy (non-hydrogen) atoms. The minimum Gasteiger partial charge on any atom is -0.394 e. The number of aryl methyl sites for hydroxylation is 1. The van der Waals surface area contributed by atoms with Crippen molar-refractivity contribution in [2.24, 2.45) is 0 Å². The third kappa shape index (κ3) is 2.39. The molecule has 2 aromatic rings. The number of anilines is 1. The fourth-order valence-electron chi connectivity index (χ4n) is 1.55. The van der Waals surface area contributed by atoms with E-state index in [0.717, 1.165) is 17.6 Å². The van der Waals surface area contributed by atoms with E-state index in [-0.39, 0.29) is 12.1 Å². The number of nitrogens with one attached hydrogen (secondary N) is 1. The zero-order valence-corrected chi connectivity index (χ0v) is 10.4. The number of hydrogen-bond acceptors (Lipinski definition) is 4. The third-order valence-electron chi connectivity index (χ3n) is 3.02. The molecular formula is C12H18N4O. The summed E-state index contributed by atoms with van der Waals surface area (Å²) in [6.07, 6.45) is 2.73. The van der Waals surface area contributed by atoms with Crippen LogP contribution >= 0.6 is 0 Å². The van der Waals surface area contributed by atoms with Crippen LogP contribution in [0.4, 0.5) is 5.95 Å². The minimum atomic E-state index is -0.375. The average Bonchev–Trinajstić information content (AvgIpc) is 2.70.